The number of fused-ring (bicyclic) bond motifs is 1. The van der Waals surface area contributed by atoms with E-state index in [-0.39, 0.29) is 75.5 Å². The van der Waals surface area contributed by atoms with Crippen LogP contribution in [0.25, 0.3) is 10.8 Å². The zero-order valence-electron chi connectivity index (χ0n) is 28.5. The smallest absolute Gasteiger partial charge is 0.744 e. The van der Waals surface area contributed by atoms with Crippen LogP contribution in [0.4, 0.5) is 44.4 Å². The van der Waals surface area contributed by atoms with Crippen molar-refractivity contribution in [2.45, 2.75) is 16.7 Å². The van der Waals surface area contributed by atoms with Gasteiger partial charge < -0.3 is 20.4 Å². The Bertz CT molecular complexity index is 2550. The number of thiophene rings is 1. The van der Waals surface area contributed by atoms with Crippen LogP contribution in [-0.2, 0) is 19.5 Å². The summed E-state index contributed by atoms with van der Waals surface area (Å²) in [5.74, 6) is 0.636. The summed E-state index contributed by atoms with van der Waals surface area (Å²) in [4.78, 5) is 4.31. The Morgan fingerprint density at radius 1 is 0.833 bits per heavy atom. The molecule has 4 aromatic carbocycles. The van der Waals surface area contributed by atoms with Crippen LogP contribution in [0, 0.1) is 29.6 Å². The molecule has 0 radical (unpaired) electrons. The van der Waals surface area contributed by atoms with E-state index in [1.807, 2.05) is 60.7 Å². The van der Waals surface area contributed by atoms with Crippen LogP contribution in [0.1, 0.15) is 16.7 Å². The van der Waals surface area contributed by atoms with Crippen molar-refractivity contribution in [3.63, 3.8) is 0 Å². The Labute approximate surface area is 341 Å². The van der Waals surface area contributed by atoms with Crippen LogP contribution in [0.2, 0.25) is 0 Å². The number of hydrogen-bond donors (Lipinski definition) is 2. The van der Waals surface area contributed by atoms with Crippen molar-refractivity contribution in [3.05, 3.63) is 114 Å². The van der Waals surface area contributed by atoms with Crippen LogP contribution in [-0.4, -0.2) is 18.0 Å². The minimum Gasteiger partial charge on any atom is -0.744 e. The molecule has 6 rings (SSSR count). The molecule has 0 saturated carbocycles. The van der Waals surface area contributed by atoms with Gasteiger partial charge in [-0.25, -0.2) is 13.4 Å². The summed E-state index contributed by atoms with van der Waals surface area (Å²) in [5.41, 5.74) is 2.93. The van der Waals surface area contributed by atoms with Gasteiger partial charge in [0.1, 0.15) is 32.9 Å². The molecule has 2 aromatic heterocycles. The predicted octanol–water partition coefficient (Wildman–Crippen LogP) is 2.81. The molecule has 0 atom stereocenters. The summed E-state index contributed by atoms with van der Waals surface area (Å²) < 4.78 is 40.0. The van der Waals surface area contributed by atoms with Crippen molar-refractivity contribution in [1.82, 2.24) is 4.98 Å². The van der Waals surface area contributed by atoms with Gasteiger partial charge in [0.25, 0.3) is 0 Å². The summed E-state index contributed by atoms with van der Waals surface area (Å²) in [7, 11) is -4.88. The largest absolute Gasteiger partial charge is 1.00 e. The molecule has 54 heavy (non-hydrogen) atoms. The first-order valence-corrected chi connectivity index (χ1v) is 17.8. The number of nitrogens with zero attached hydrogens (tertiary/aromatic N) is 7. The quantitative estimate of drug-likeness (QED) is 0.0458. The predicted molar refractivity (Wildman–Crippen MR) is 190 cm³/mol. The molecule has 0 unspecified atom stereocenters. The van der Waals surface area contributed by atoms with E-state index >= 15 is 0 Å². The maximum Gasteiger partial charge on any atom is 1.00 e. The number of benzene rings is 4. The Balaban J connectivity index is 0.00000325. The van der Waals surface area contributed by atoms with Crippen molar-refractivity contribution in [3.8, 4) is 12.1 Å². The minimum atomic E-state index is -4.88. The fourth-order valence-electron chi connectivity index (χ4n) is 4.89. The topological polar surface area (TPSA) is 233 Å². The zero-order valence-corrected chi connectivity index (χ0v) is 31.0. The van der Waals surface area contributed by atoms with Crippen LogP contribution >= 0.6 is 23.4 Å². The summed E-state index contributed by atoms with van der Waals surface area (Å²) in [5, 5.41) is 58.2. The molecule has 20 heteroatoms. The minimum absolute atomic E-state index is 0. The van der Waals surface area contributed by atoms with Gasteiger partial charge in [-0.3, -0.25) is 5.04 Å². The molecular weight excluding hydrogens is 741 g/mol. The average molecular weight is 762 g/mol. The molecule has 0 fully saturated rings. The first-order chi connectivity index (χ1) is 25.2. The number of rotatable bonds is 12. The van der Waals surface area contributed by atoms with Crippen LogP contribution in [0.3, 0.4) is 0 Å². The number of aromatic nitrogens is 1. The monoisotopic (exact) mass is 761 g/mol. The van der Waals surface area contributed by atoms with E-state index in [4.69, 9.17) is 4.98 Å². The first kappa shape index (κ1) is 41.9. The van der Waals surface area contributed by atoms with Gasteiger partial charge in [0, 0.05) is 21.8 Å². The fraction of sp³-hybridized carbons (Fsp3) is 0.0294. The van der Waals surface area contributed by atoms with Crippen LogP contribution < -0.4 is 53.6 Å². The van der Waals surface area contributed by atoms with Crippen molar-refractivity contribution in [2.75, 3.05) is 10.6 Å². The van der Waals surface area contributed by atoms with Gasteiger partial charge in [0.05, 0.1) is 33.8 Å². The second-order valence-electron chi connectivity index (χ2n) is 10.6. The van der Waals surface area contributed by atoms with Crippen molar-refractivity contribution < 1.29 is 65.3 Å². The van der Waals surface area contributed by atoms with E-state index in [2.05, 4.69) is 52.6 Å². The SMILES string of the molecule is Cc1c(C#N)c(Nc2ccccc2)nc(Nc2ccccc2)c1N=Nc1sc(N=Nc2ccc3c(S(=O)(=O)[O-])cc(SOO[O-])cc3c2)cc1C#N.[Li+].[Li+]. The number of pyridine rings is 1. The van der Waals surface area contributed by atoms with Crippen LogP contribution in [0.5, 0.6) is 0 Å². The van der Waals surface area contributed by atoms with Gasteiger partial charge in [0.15, 0.2) is 16.6 Å². The second kappa shape index (κ2) is 18.9. The van der Waals surface area contributed by atoms with E-state index in [9.17, 15) is 28.8 Å². The van der Waals surface area contributed by atoms with Gasteiger partial charge >= 0.3 is 37.7 Å². The standard InChI is InChI=1S/C34H23N9O6S3.2Li/c1-20-28(19-36)32(37-23-8-4-2-5-9-23)39-33(38-24-10-6-3-7-11-24)31(20)42-43-34-22(18-35)16-30(50-34)41-40-25-12-13-27-21(14-25)15-26(51-49-48-44)17-29(27)52(45,46)47;;/h2-17,44H,1H3,(H2,37,38,39)(H,45,46,47);;/q;2*+1/p-2. The first-order valence-electron chi connectivity index (χ1n) is 14.8. The van der Waals surface area contributed by atoms with Gasteiger partial charge in [-0.05, 0) is 72.3 Å². The Kier molecular flexibility index (Phi) is 14.7. The van der Waals surface area contributed by atoms with Gasteiger partial charge in [-0.15, -0.1) is 20.5 Å². The van der Waals surface area contributed by atoms with E-state index in [1.54, 1.807) is 6.92 Å². The maximum atomic E-state index is 11.9. The molecule has 15 nitrogen and oxygen atoms in total. The molecule has 2 heterocycles. The Hall–Kier alpha value is -4.90. The zero-order chi connectivity index (χ0) is 36.7. The number of para-hydroxylation sites is 2. The van der Waals surface area contributed by atoms with E-state index < -0.39 is 15.0 Å². The van der Waals surface area contributed by atoms with Crippen molar-refractivity contribution in [1.29, 1.82) is 10.5 Å². The van der Waals surface area contributed by atoms with Crippen molar-refractivity contribution in [2.24, 2.45) is 20.5 Å². The third-order valence-corrected chi connectivity index (χ3v) is 9.56. The molecule has 0 aliphatic rings. The van der Waals surface area contributed by atoms with Gasteiger partial charge in [-0.2, -0.15) is 14.9 Å². The number of hydrogen-bond acceptors (Lipinski definition) is 17. The van der Waals surface area contributed by atoms with Gasteiger partial charge in [-0.1, -0.05) is 53.8 Å². The molecular formula is C34H21Li2N9O6S3. The fourth-order valence-corrected chi connectivity index (χ4v) is 6.89. The third-order valence-electron chi connectivity index (χ3n) is 7.22. The van der Waals surface area contributed by atoms with E-state index in [0.29, 0.717) is 39.6 Å². The molecule has 258 valence electrons. The van der Waals surface area contributed by atoms with E-state index in [0.717, 1.165) is 28.8 Å². The number of anilines is 4. The molecule has 0 aliphatic heterocycles. The average Bonchev–Trinajstić information content (AvgIpc) is 3.55. The van der Waals surface area contributed by atoms with E-state index in [1.165, 1.54) is 30.3 Å². The Morgan fingerprint density at radius 2 is 1.50 bits per heavy atom. The van der Waals surface area contributed by atoms with Crippen LogP contribution in [0.15, 0.2) is 127 Å². The number of nitriles is 2. The summed E-state index contributed by atoms with van der Waals surface area (Å²) in [6, 6.07) is 31.2. The molecule has 2 N–H and O–H groups in total. The number of azo groups is 2. The summed E-state index contributed by atoms with van der Waals surface area (Å²) >= 11 is 1.46. The van der Waals surface area contributed by atoms with Gasteiger partial charge in [0.2, 0.25) is 0 Å². The number of nitrogens with one attached hydrogen (secondary N) is 2. The third kappa shape index (κ3) is 9.99. The van der Waals surface area contributed by atoms with Crippen molar-refractivity contribution >= 4 is 88.7 Å². The molecule has 0 aliphatic carbocycles. The molecule has 0 amide bonds. The second-order valence-corrected chi connectivity index (χ2v) is 13.7. The normalized spacial score (nSPS) is 11.1. The molecule has 6 aromatic rings. The summed E-state index contributed by atoms with van der Waals surface area (Å²) in [6.45, 7) is 1.73. The maximum absolute atomic E-state index is 11.9. The Morgan fingerprint density at radius 3 is 2.11 bits per heavy atom. The summed E-state index contributed by atoms with van der Waals surface area (Å²) in [6.07, 6.45) is 0. The molecule has 0 saturated heterocycles. The molecule has 0 bridgehead atoms. The molecule has 0 spiro atoms.